The van der Waals surface area contributed by atoms with Crippen molar-refractivity contribution in [2.45, 2.75) is 20.0 Å². The monoisotopic (exact) mass is 410 g/mol. The van der Waals surface area contributed by atoms with Gasteiger partial charge in [0.05, 0.1) is 5.56 Å². The molecule has 3 aromatic rings. The first-order valence-electron chi connectivity index (χ1n) is 8.91. The number of hydrogen-bond acceptors (Lipinski definition) is 3. The zero-order valence-electron chi connectivity index (χ0n) is 16.2. The second-order valence-corrected chi connectivity index (χ2v) is 6.55. The maximum Gasteiger partial charge on any atom is 0.416 e. The van der Waals surface area contributed by atoms with Crippen LogP contribution in [0.2, 0.25) is 0 Å². The Labute approximate surface area is 171 Å². The van der Waals surface area contributed by atoms with Crippen LogP contribution in [0.25, 0.3) is 11.9 Å². The van der Waals surface area contributed by atoms with Crippen LogP contribution >= 0.6 is 0 Å². The van der Waals surface area contributed by atoms with E-state index in [1.54, 1.807) is 18.3 Å². The summed E-state index contributed by atoms with van der Waals surface area (Å²) in [5.41, 5.74) is 1.10. The SMILES string of the molecule is Cc1cc(/C=C(/C#N)C(=O)Nc2cccc(C(F)(F)F)c2)c(C)n1-c1ccccn1. The van der Waals surface area contributed by atoms with Gasteiger partial charge in [-0.1, -0.05) is 12.1 Å². The van der Waals surface area contributed by atoms with Crippen molar-refractivity contribution in [1.29, 1.82) is 5.26 Å². The largest absolute Gasteiger partial charge is 0.416 e. The number of rotatable bonds is 4. The standard InChI is InChI=1S/C22H17F3N4O/c1-14-10-16(15(2)29(14)20-8-3-4-9-27-20)11-17(13-26)21(30)28-19-7-5-6-18(12-19)22(23,24)25/h3-12H,1-2H3,(H,28,30)/b17-11-. The minimum atomic E-state index is -4.53. The lowest BCUT2D eigenvalue weighted by Crippen LogP contribution is -2.14. The van der Waals surface area contributed by atoms with E-state index in [2.05, 4.69) is 10.3 Å². The van der Waals surface area contributed by atoms with E-state index in [0.717, 1.165) is 23.5 Å². The number of amides is 1. The molecule has 3 rings (SSSR count). The highest BCUT2D eigenvalue weighted by atomic mass is 19.4. The number of halogens is 3. The maximum atomic E-state index is 12.9. The number of nitriles is 1. The minimum Gasteiger partial charge on any atom is -0.321 e. The van der Waals surface area contributed by atoms with E-state index in [-0.39, 0.29) is 11.3 Å². The van der Waals surface area contributed by atoms with E-state index < -0.39 is 17.6 Å². The predicted octanol–water partition coefficient (Wildman–Crippen LogP) is 5.05. The number of aromatic nitrogens is 2. The Hall–Kier alpha value is -3.86. The molecule has 0 aliphatic rings. The van der Waals surface area contributed by atoms with Crippen LogP contribution in [0, 0.1) is 25.2 Å². The highest BCUT2D eigenvalue weighted by Crippen LogP contribution is 2.30. The van der Waals surface area contributed by atoms with Gasteiger partial charge in [-0.3, -0.25) is 4.79 Å². The fourth-order valence-electron chi connectivity index (χ4n) is 3.05. The molecule has 0 unspecified atom stereocenters. The summed E-state index contributed by atoms with van der Waals surface area (Å²) in [7, 11) is 0. The number of alkyl halides is 3. The Kier molecular flexibility index (Phi) is 5.74. The Balaban J connectivity index is 1.90. The molecule has 2 aromatic heterocycles. The average Bonchev–Trinajstić information content (AvgIpc) is 2.99. The molecule has 1 N–H and O–H groups in total. The molecule has 30 heavy (non-hydrogen) atoms. The van der Waals surface area contributed by atoms with E-state index in [1.165, 1.54) is 18.2 Å². The Bertz CT molecular complexity index is 1160. The molecule has 0 aliphatic carbocycles. The van der Waals surface area contributed by atoms with Gasteiger partial charge in [0.15, 0.2) is 0 Å². The molecule has 0 spiro atoms. The zero-order chi connectivity index (χ0) is 21.9. The number of anilines is 1. The van der Waals surface area contributed by atoms with E-state index in [0.29, 0.717) is 11.4 Å². The van der Waals surface area contributed by atoms with Crippen molar-refractivity contribution in [1.82, 2.24) is 9.55 Å². The number of nitrogens with one attached hydrogen (secondary N) is 1. The van der Waals surface area contributed by atoms with Gasteiger partial charge in [0.25, 0.3) is 5.91 Å². The average molecular weight is 410 g/mol. The fraction of sp³-hybridized carbons (Fsp3) is 0.136. The molecule has 0 fully saturated rings. The first-order valence-corrected chi connectivity index (χ1v) is 8.91. The number of hydrogen-bond donors (Lipinski definition) is 1. The summed E-state index contributed by atoms with van der Waals surface area (Å²) in [6.07, 6.45) is -1.46. The number of carbonyl (C=O) groups is 1. The molecule has 0 radical (unpaired) electrons. The molecule has 2 heterocycles. The van der Waals surface area contributed by atoms with Crippen molar-refractivity contribution in [3.8, 4) is 11.9 Å². The summed E-state index contributed by atoms with van der Waals surface area (Å²) in [4.78, 5) is 16.8. The van der Waals surface area contributed by atoms with Crippen LogP contribution in [0.5, 0.6) is 0 Å². The van der Waals surface area contributed by atoms with E-state index in [4.69, 9.17) is 0 Å². The molecule has 1 amide bonds. The third kappa shape index (κ3) is 4.41. The van der Waals surface area contributed by atoms with Crippen molar-refractivity contribution in [2.75, 3.05) is 5.32 Å². The molecule has 1 aromatic carbocycles. The van der Waals surface area contributed by atoms with Gasteiger partial charge in [0, 0.05) is 23.3 Å². The molecule has 0 saturated heterocycles. The maximum absolute atomic E-state index is 12.9. The van der Waals surface area contributed by atoms with Gasteiger partial charge in [-0.25, -0.2) is 4.98 Å². The van der Waals surface area contributed by atoms with Crippen LogP contribution in [-0.4, -0.2) is 15.5 Å². The lowest BCUT2D eigenvalue weighted by Gasteiger charge is -2.09. The number of pyridine rings is 1. The number of nitrogens with zero attached hydrogens (tertiary/aromatic N) is 3. The smallest absolute Gasteiger partial charge is 0.321 e. The van der Waals surface area contributed by atoms with Gasteiger partial charge in [-0.2, -0.15) is 18.4 Å². The van der Waals surface area contributed by atoms with Crippen LogP contribution in [0.3, 0.4) is 0 Å². The van der Waals surface area contributed by atoms with Crippen LogP contribution in [0.15, 0.2) is 60.3 Å². The van der Waals surface area contributed by atoms with Gasteiger partial charge in [0.1, 0.15) is 17.5 Å². The predicted molar refractivity (Wildman–Crippen MR) is 107 cm³/mol. The summed E-state index contributed by atoms with van der Waals surface area (Å²) >= 11 is 0. The highest BCUT2D eigenvalue weighted by Gasteiger charge is 2.30. The normalized spacial score (nSPS) is 11.8. The quantitative estimate of drug-likeness (QED) is 0.483. The molecule has 0 aliphatic heterocycles. The van der Waals surface area contributed by atoms with Crippen molar-refractivity contribution in [3.63, 3.8) is 0 Å². The molecular formula is C22H17F3N4O. The highest BCUT2D eigenvalue weighted by molar-refractivity contribution is 6.09. The van der Waals surface area contributed by atoms with E-state index >= 15 is 0 Å². The van der Waals surface area contributed by atoms with Crippen LogP contribution in [0.4, 0.5) is 18.9 Å². The first-order chi connectivity index (χ1) is 14.2. The van der Waals surface area contributed by atoms with E-state index in [1.807, 2.05) is 36.6 Å². The van der Waals surface area contributed by atoms with Gasteiger partial charge in [0.2, 0.25) is 0 Å². The van der Waals surface area contributed by atoms with Gasteiger partial charge in [-0.15, -0.1) is 0 Å². The summed E-state index contributed by atoms with van der Waals surface area (Å²) in [6, 6.07) is 13.3. The van der Waals surface area contributed by atoms with Gasteiger partial charge >= 0.3 is 6.18 Å². The topological polar surface area (TPSA) is 70.7 Å². The Morgan fingerprint density at radius 1 is 1.17 bits per heavy atom. The van der Waals surface area contributed by atoms with Crippen molar-refractivity contribution in [3.05, 3.63) is 82.8 Å². The minimum absolute atomic E-state index is 0.0464. The van der Waals surface area contributed by atoms with Gasteiger partial charge < -0.3 is 9.88 Å². The zero-order valence-corrected chi connectivity index (χ0v) is 16.2. The number of aryl methyl sites for hydroxylation is 1. The molecule has 5 nitrogen and oxygen atoms in total. The summed E-state index contributed by atoms with van der Waals surface area (Å²) in [5, 5.41) is 11.8. The van der Waals surface area contributed by atoms with Gasteiger partial charge in [-0.05, 0) is 61.9 Å². The molecule has 152 valence electrons. The van der Waals surface area contributed by atoms with Crippen LogP contribution < -0.4 is 5.32 Å². The third-order valence-electron chi connectivity index (χ3n) is 4.46. The van der Waals surface area contributed by atoms with Crippen LogP contribution in [0.1, 0.15) is 22.5 Å². The Morgan fingerprint density at radius 3 is 2.57 bits per heavy atom. The summed E-state index contributed by atoms with van der Waals surface area (Å²) in [6.45, 7) is 3.70. The van der Waals surface area contributed by atoms with Crippen molar-refractivity contribution >= 4 is 17.7 Å². The van der Waals surface area contributed by atoms with Crippen LogP contribution in [-0.2, 0) is 11.0 Å². The summed E-state index contributed by atoms with van der Waals surface area (Å²) < 4.78 is 40.5. The third-order valence-corrected chi connectivity index (χ3v) is 4.46. The second kappa shape index (κ2) is 8.25. The molecule has 0 atom stereocenters. The number of carbonyl (C=O) groups excluding carboxylic acids is 1. The lowest BCUT2D eigenvalue weighted by atomic mass is 10.1. The molecule has 0 saturated carbocycles. The second-order valence-electron chi connectivity index (χ2n) is 6.55. The van der Waals surface area contributed by atoms with Crippen molar-refractivity contribution in [2.24, 2.45) is 0 Å². The molecular weight excluding hydrogens is 393 g/mol. The lowest BCUT2D eigenvalue weighted by molar-refractivity contribution is -0.137. The fourth-order valence-corrected chi connectivity index (χ4v) is 3.05. The van der Waals surface area contributed by atoms with E-state index in [9.17, 15) is 23.2 Å². The number of benzene rings is 1. The molecule has 8 heteroatoms. The molecule has 0 bridgehead atoms. The van der Waals surface area contributed by atoms with Crippen molar-refractivity contribution < 1.29 is 18.0 Å². The Morgan fingerprint density at radius 2 is 1.93 bits per heavy atom. The first kappa shape index (κ1) is 20.9. The summed E-state index contributed by atoms with van der Waals surface area (Å²) in [5.74, 6) is -0.0986.